The van der Waals surface area contributed by atoms with E-state index in [-0.39, 0.29) is 31.0 Å². The zero-order valence-electron chi connectivity index (χ0n) is 16.6. The molecule has 2 N–H and O–H groups in total. The Labute approximate surface area is 166 Å². The summed E-state index contributed by atoms with van der Waals surface area (Å²) in [5, 5.41) is 18.9. The molecule has 2 heterocycles. The second-order valence-electron chi connectivity index (χ2n) is 7.58. The number of aromatic nitrogens is 1. The lowest BCUT2D eigenvalue weighted by molar-refractivity contribution is 0.0778. The highest BCUT2D eigenvalue weighted by molar-refractivity contribution is 6.02. The molecule has 150 valence electrons. The van der Waals surface area contributed by atoms with Gasteiger partial charge in [-0.15, -0.1) is 0 Å². The third kappa shape index (κ3) is 4.41. The van der Waals surface area contributed by atoms with Crippen LogP contribution in [0.25, 0.3) is 11.1 Å². The van der Waals surface area contributed by atoms with Crippen molar-refractivity contribution in [3.63, 3.8) is 0 Å². The lowest BCUT2D eigenvalue weighted by atomic mass is 9.96. The first-order chi connectivity index (χ1) is 13.5. The minimum atomic E-state index is -0.0322. The van der Waals surface area contributed by atoms with Gasteiger partial charge in [-0.05, 0) is 37.1 Å². The SMILES string of the molecule is Cc1nccc(-c2ccccc2)c1C(=O)N1C[C@@H](CN(C)CCO)[C@@H](CO)C1. The zero-order chi connectivity index (χ0) is 20.1. The molecule has 3 rings (SSSR count). The van der Waals surface area contributed by atoms with Crippen molar-refractivity contribution in [2.75, 3.05) is 46.4 Å². The van der Waals surface area contributed by atoms with Gasteiger partial charge in [-0.2, -0.15) is 0 Å². The number of amides is 1. The molecule has 0 bridgehead atoms. The van der Waals surface area contributed by atoms with Crippen LogP contribution in [0.5, 0.6) is 0 Å². The molecule has 1 fully saturated rings. The minimum Gasteiger partial charge on any atom is -0.396 e. The average Bonchev–Trinajstić information content (AvgIpc) is 3.11. The molecule has 0 unspecified atom stereocenters. The van der Waals surface area contributed by atoms with Crippen molar-refractivity contribution in [3.05, 3.63) is 53.9 Å². The predicted octanol–water partition coefficient (Wildman–Crippen LogP) is 1.66. The third-order valence-corrected chi connectivity index (χ3v) is 5.57. The topological polar surface area (TPSA) is 76.9 Å². The van der Waals surface area contributed by atoms with Crippen LogP contribution < -0.4 is 0 Å². The fourth-order valence-corrected chi connectivity index (χ4v) is 4.03. The molecule has 1 aliphatic rings. The number of aliphatic hydroxyl groups excluding tert-OH is 2. The van der Waals surface area contributed by atoms with E-state index in [1.807, 2.05) is 60.2 Å². The Morgan fingerprint density at radius 2 is 1.89 bits per heavy atom. The van der Waals surface area contributed by atoms with E-state index in [4.69, 9.17) is 5.11 Å². The van der Waals surface area contributed by atoms with Gasteiger partial charge in [0, 0.05) is 44.9 Å². The normalized spacial score (nSPS) is 19.4. The number of carbonyl (C=O) groups excluding carboxylic acids is 1. The number of carbonyl (C=O) groups is 1. The number of rotatable bonds is 7. The second-order valence-corrected chi connectivity index (χ2v) is 7.58. The fourth-order valence-electron chi connectivity index (χ4n) is 4.03. The Morgan fingerprint density at radius 3 is 2.57 bits per heavy atom. The Bertz CT molecular complexity index is 797. The molecule has 1 aromatic carbocycles. The molecule has 28 heavy (non-hydrogen) atoms. The van der Waals surface area contributed by atoms with Crippen molar-refractivity contribution < 1.29 is 15.0 Å². The summed E-state index contributed by atoms with van der Waals surface area (Å²) in [6.07, 6.45) is 1.74. The number of likely N-dealkylation sites (tertiary alicyclic amines) is 1. The molecule has 1 aliphatic heterocycles. The average molecular weight is 383 g/mol. The largest absolute Gasteiger partial charge is 0.396 e. The van der Waals surface area contributed by atoms with Crippen LogP contribution in [0, 0.1) is 18.8 Å². The number of nitrogens with zero attached hydrogens (tertiary/aromatic N) is 3. The first-order valence-corrected chi connectivity index (χ1v) is 9.75. The summed E-state index contributed by atoms with van der Waals surface area (Å²) >= 11 is 0. The molecular weight excluding hydrogens is 354 g/mol. The van der Waals surface area contributed by atoms with E-state index in [1.54, 1.807) is 6.20 Å². The van der Waals surface area contributed by atoms with E-state index in [1.165, 1.54) is 0 Å². The van der Waals surface area contributed by atoms with Crippen molar-refractivity contribution >= 4 is 5.91 Å². The summed E-state index contributed by atoms with van der Waals surface area (Å²) in [4.78, 5) is 21.7. The quantitative estimate of drug-likeness (QED) is 0.761. The molecule has 6 heteroatoms. The number of pyridine rings is 1. The van der Waals surface area contributed by atoms with Crippen LogP contribution in [-0.4, -0.2) is 77.3 Å². The summed E-state index contributed by atoms with van der Waals surface area (Å²) in [5.41, 5.74) is 3.23. The molecule has 2 aromatic rings. The van der Waals surface area contributed by atoms with Crippen LogP contribution in [0.4, 0.5) is 0 Å². The molecule has 0 spiro atoms. The number of likely N-dealkylation sites (N-methyl/N-ethyl adjacent to an activating group) is 1. The molecule has 2 atom stereocenters. The van der Waals surface area contributed by atoms with Gasteiger partial charge in [0.15, 0.2) is 0 Å². The van der Waals surface area contributed by atoms with E-state index >= 15 is 0 Å². The molecule has 6 nitrogen and oxygen atoms in total. The first-order valence-electron chi connectivity index (χ1n) is 9.75. The second kappa shape index (κ2) is 9.28. The molecular formula is C22H29N3O3. The fraction of sp³-hybridized carbons (Fsp3) is 0.455. The van der Waals surface area contributed by atoms with Gasteiger partial charge >= 0.3 is 0 Å². The van der Waals surface area contributed by atoms with Gasteiger partial charge in [-0.25, -0.2) is 0 Å². The maximum atomic E-state index is 13.4. The lowest BCUT2D eigenvalue weighted by Crippen LogP contribution is -2.33. The summed E-state index contributed by atoms with van der Waals surface area (Å²) in [6, 6.07) is 11.8. The van der Waals surface area contributed by atoms with Crippen LogP contribution in [0.15, 0.2) is 42.6 Å². The van der Waals surface area contributed by atoms with Crippen LogP contribution >= 0.6 is 0 Å². The Kier molecular flexibility index (Phi) is 6.78. The lowest BCUT2D eigenvalue weighted by Gasteiger charge is -2.23. The van der Waals surface area contributed by atoms with Crippen molar-refractivity contribution in [1.82, 2.24) is 14.8 Å². The maximum Gasteiger partial charge on any atom is 0.256 e. The molecule has 1 amide bonds. The monoisotopic (exact) mass is 383 g/mol. The summed E-state index contributed by atoms with van der Waals surface area (Å²) in [7, 11) is 1.95. The van der Waals surface area contributed by atoms with E-state index in [9.17, 15) is 9.90 Å². The maximum absolute atomic E-state index is 13.4. The van der Waals surface area contributed by atoms with Crippen LogP contribution in [0.1, 0.15) is 16.1 Å². The molecule has 0 saturated carbocycles. The van der Waals surface area contributed by atoms with Gasteiger partial charge in [0.1, 0.15) is 0 Å². The van der Waals surface area contributed by atoms with Crippen LogP contribution in [0.2, 0.25) is 0 Å². The number of aryl methyl sites for hydroxylation is 1. The van der Waals surface area contributed by atoms with Gasteiger partial charge in [0.05, 0.1) is 17.9 Å². The highest BCUT2D eigenvalue weighted by Crippen LogP contribution is 2.30. The van der Waals surface area contributed by atoms with E-state index in [0.29, 0.717) is 30.9 Å². The van der Waals surface area contributed by atoms with Crippen molar-refractivity contribution in [2.24, 2.45) is 11.8 Å². The number of hydrogen-bond acceptors (Lipinski definition) is 5. The highest BCUT2D eigenvalue weighted by Gasteiger charge is 2.36. The number of hydrogen-bond donors (Lipinski definition) is 2. The summed E-state index contributed by atoms with van der Waals surface area (Å²) < 4.78 is 0. The third-order valence-electron chi connectivity index (χ3n) is 5.57. The van der Waals surface area contributed by atoms with E-state index in [2.05, 4.69) is 4.98 Å². The van der Waals surface area contributed by atoms with Gasteiger partial charge in [0.25, 0.3) is 5.91 Å². The van der Waals surface area contributed by atoms with Gasteiger partial charge in [-0.3, -0.25) is 9.78 Å². The molecule has 0 aliphatic carbocycles. The predicted molar refractivity (Wildman–Crippen MR) is 109 cm³/mol. The highest BCUT2D eigenvalue weighted by atomic mass is 16.3. The van der Waals surface area contributed by atoms with Crippen LogP contribution in [0.3, 0.4) is 0 Å². The van der Waals surface area contributed by atoms with Gasteiger partial charge in [0.2, 0.25) is 0 Å². The standard InChI is InChI=1S/C22H29N3O3/c1-16-21(20(8-9-23-16)17-6-4-3-5-7-17)22(28)25-13-18(19(14-25)15-27)12-24(2)10-11-26/h3-9,18-19,26-27H,10-15H2,1-2H3/t18-,19-/m1/s1. The van der Waals surface area contributed by atoms with Gasteiger partial charge in [-0.1, -0.05) is 30.3 Å². The molecule has 0 radical (unpaired) electrons. The van der Waals surface area contributed by atoms with Crippen LogP contribution in [-0.2, 0) is 0 Å². The zero-order valence-corrected chi connectivity index (χ0v) is 16.6. The Balaban J connectivity index is 1.85. The summed E-state index contributed by atoms with van der Waals surface area (Å²) in [5.74, 6) is 0.195. The van der Waals surface area contributed by atoms with E-state index in [0.717, 1.165) is 17.7 Å². The smallest absolute Gasteiger partial charge is 0.256 e. The van der Waals surface area contributed by atoms with Crippen molar-refractivity contribution in [3.8, 4) is 11.1 Å². The van der Waals surface area contributed by atoms with E-state index < -0.39 is 0 Å². The summed E-state index contributed by atoms with van der Waals surface area (Å²) in [6.45, 7) is 4.49. The number of aliphatic hydroxyl groups is 2. The Morgan fingerprint density at radius 1 is 1.18 bits per heavy atom. The van der Waals surface area contributed by atoms with Gasteiger partial charge < -0.3 is 20.0 Å². The van der Waals surface area contributed by atoms with Crippen molar-refractivity contribution in [1.29, 1.82) is 0 Å². The minimum absolute atomic E-state index is 0.0322. The number of benzene rings is 1. The molecule has 1 aromatic heterocycles. The van der Waals surface area contributed by atoms with Crippen molar-refractivity contribution in [2.45, 2.75) is 6.92 Å². The molecule has 1 saturated heterocycles. The Hall–Kier alpha value is -2.28. The first kappa shape index (κ1) is 20.5.